The molecule has 0 aliphatic carbocycles. The molecule has 0 amide bonds. The van der Waals surface area contributed by atoms with E-state index in [9.17, 15) is 4.79 Å². The summed E-state index contributed by atoms with van der Waals surface area (Å²) in [7, 11) is 0. The van der Waals surface area contributed by atoms with Crippen molar-refractivity contribution >= 4 is 21.9 Å². The number of ether oxygens (including phenoxy) is 1. The van der Waals surface area contributed by atoms with Crippen LogP contribution in [0.2, 0.25) is 0 Å². The van der Waals surface area contributed by atoms with Gasteiger partial charge in [-0.25, -0.2) is 4.68 Å². The van der Waals surface area contributed by atoms with Crippen LogP contribution < -0.4 is 4.74 Å². The Labute approximate surface area is 95.2 Å². The highest BCUT2D eigenvalue weighted by atomic mass is 79.9. The molecule has 5 nitrogen and oxygen atoms in total. The Morgan fingerprint density at radius 2 is 2.40 bits per heavy atom. The van der Waals surface area contributed by atoms with Crippen molar-refractivity contribution in [2.24, 2.45) is 5.41 Å². The maximum atomic E-state index is 11.0. The zero-order valence-electron chi connectivity index (χ0n) is 8.45. The molecular formula is C9H11BrN2O3. The molecule has 82 valence electrons. The lowest BCUT2D eigenvalue weighted by Gasteiger charge is -2.29. The standard InChI is InChI=1S/C9H11BrN2O3/c1-5-6(10)7-12(11-5)3-9(2,4-15-7)8(13)14/h3-4H2,1-2H3,(H,13,14). The summed E-state index contributed by atoms with van der Waals surface area (Å²) in [5.41, 5.74) is -0.0927. The molecule has 1 aromatic heterocycles. The quantitative estimate of drug-likeness (QED) is 0.842. The fourth-order valence-corrected chi connectivity index (χ4v) is 1.92. The predicted octanol–water partition coefficient (Wildman–Crippen LogP) is 1.44. The van der Waals surface area contributed by atoms with Crippen LogP contribution >= 0.6 is 15.9 Å². The highest BCUT2D eigenvalue weighted by molar-refractivity contribution is 9.10. The van der Waals surface area contributed by atoms with Gasteiger partial charge in [0.25, 0.3) is 0 Å². The van der Waals surface area contributed by atoms with E-state index in [1.54, 1.807) is 11.6 Å². The summed E-state index contributed by atoms with van der Waals surface area (Å²) in [5, 5.41) is 13.3. The summed E-state index contributed by atoms with van der Waals surface area (Å²) in [6, 6.07) is 0. The first-order valence-electron chi connectivity index (χ1n) is 4.53. The molecule has 0 spiro atoms. The number of hydrogen-bond acceptors (Lipinski definition) is 3. The van der Waals surface area contributed by atoms with Gasteiger partial charge in [0.1, 0.15) is 16.5 Å². The molecule has 1 aliphatic heterocycles. The van der Waals surface area contributed by atoms with Crippen LogP contribution in [0.5, 0.6) is 5.88 Å². The van der Waals surface area contributed by atoms with Crippen molar-refractivity contribution in [3.8, 4) is 5.88 Å². The molecular weight excluding hydrogens is 264 g/mol. The molecule has 15 heavy (non-hydrogen) atoms. The van der Waals surface area contributed by atoms with Crippen LogP contribution in [0.1, 0.15) is 12.6 Å². The van der Waals surface area contributed by atoms with Gasteiger partial charge >= 0.3 is 5.97 Å². The number of rotatable bonds is 1. The van der Waals surface area contributed by atoms with Gasteiger partial charge in [-0.3, -0.25) is 4.79 Å². The van der Waals surface area contributed by atoms with E-state index in [1.807, 2.05) is 6.92 Å². The van der Waals surface area contributed by atoms with Gasteiger partial charge < -0.3 is 9.84 Å². The molecule has 1 N–H and O–H groups in total. The number of nitrogens with zero attached hydrogens (tertiary/aromatic N) is 2. The normalized spacial score (nSPS) is 24.5. The zero-order valence-corrected chi connectivity index (χ0v) is 10.0. The minimum absolute atomic E-state index is 0.173. The van der Waals surface area contributed by atoms with Gasteiger partial charge in [-0.1, -0.05) is 0 Å². The van der Waals surface area contributed by atoms with Crippen molar-refractivity contribution in [3.63, 3.8) is 0 Å². The summed E-state index contributed by atoms with van der Waals surface area (Å²) in [4.78, 5) is 11.0. The largest absolute Gasteiger partial charge is 0.481 e. The first-order chi connectivity index (χ1) is 6.94. The molecule has 2 heterocycles. The van der Waals surface area contributed by atoms with E-state index in [0.717, 1.165) is 10.2 Å². The summed E-state index contributed by atoms with van der Waals surface area (Å²) in [5.74, 6) is -0.247. The Kier molecular flexibility index (Phi) is 2.26. The highest BCUT2D eigenvalue weighted by Gasteiger charge is 2.40. The molecule has 0 saturated heterocycles. The molecule has 0 fully saturated rings. The van der Waals surface area contributed by atoms with Crippen LogP contribution in [0.25, 0.3) is 0 Å². The number of carboxylic acids is 1. The molecule has 1 aromatic rings. The predicted molar refractivity (Wildman–Crippen MR) is 55.9 cm³/mol. The van der Waals surface area contributed by atoms with Gasteiger partial charge in [0, 0.05) is 0 Å². The first kappa shape index (κ1) is 10.5. The molecule has 0 radical (unpaired) electrons. The fraction of sp³-hybridized carbons (Fsp3) is 0.556. The highest BCUT2D eigenvalue weighted by Crippen LogP contribution is 2.35. The summed E-state index contributed by atoms with van der Waals surface area (Å²) >= 11 is 3.35. The molecule has 2 rings (SSSR count). The number of fused-ring (bicyclic) bond motifs is 1. The van der Waals surface area contributed by atoms with E-state index in [1.165, 1.54) is 0 Å². The Morgan fingerprint density at radius 3 is 3.00 bits per heavy atom. The van der Waals surface area contributed by atoms with Gasteiger partial charge in [-0.15, -0.1) is 0 Å². The number of carbonyl (C=O) groups is 1. The van der Waals surface area contributed by atoms with Crippen molar-refractivity contribution in [1.82, 2.24) is 9.78 Å². The molecule has 1 atom stereocenters. The molecule has 6 heteroatoms. The van der Waals surface area contributed by atoms with Gasteiger partial charge in [-0.2, -0.15) is 5.10 Å². The Hall–Kier alpha value is -1.04. The van der Waals surface area contributed by atoms with Crippen LogP contribution in [-0.4, -0.2) is 27.5 Å². The Bertz CT molecular complexity index is 429. The van der Waals surface area contributed by atoms with Crippen molar-refractivity contribution in [3.05, 3.63) is 10.2 Å². The third-order valence-electron chi connectivity index (χ3n) is 2.55. The lowest BCUT2D eigenvalue weighted by Crippen LogP contribution is -2.42. The average molecular weight is 275 g/mol. The maximum absolute atomic E-state index is 11.0. The van der Waals surface area contributed by atoms with E-state index < -0.39 is 11.4 Å². The molecule has 0 aromatic carbocycles. The van der Waals surface area contributed by atoms with E-state index in [2.05, 4.69) is 21.0 Å². The second-order valence-electron chi connectivity index (χ2n) is 4.02. The van der Waals surface area contributed by atoms with Crippen molar-refractivity contribution in [1.29, 1.82) is 0 Å². The van der Waals surface area contributed by atoms with Gasteiger partial charge in [-0.05, 0) is 29.8 Å². The monoisotopic (exact) mass is 274 g/mol. The number of aromatic nitrogens is 2. The lowest BCUT2D eigenvalue weighted by atomic mass is 9.91. The molecule has 1 unspecified atom stereocenters. The summed E-state index contributed by atoms with van der Waals surface area (Å²) in [6.45, 7) is 4.01. The van der Waals surface area contributed by atoms with Crippen molar-refractivity contribution < 1.29 is 14.6 Å². The van der Waals surface area contributed by atoms with Gasteiger partial charge in [0.2, 0.25) is 5.88 Å². The number of halogens is 1. The second-order valence-corrected chi connectivity index (χ2v) is 4.81. The molecule has 1 aliphatic rings. The third kappa shape index (κ3) is 1.52. The van der Waals surface area contributed by atoms with Crippen LogP contribution in [0, 0.1) is 12.3 Å². The number of carboxylic acid groups (broad SMARTS) is 1. The maximum Gasteiger partial charge on any atom is 0.314 e. The average Bonchev–Trinajstić information content (AvgIpc) is 2.42. The van der Waals surface area contributed by atoms with E-state index in [0.29, 0.717) is 12.4 Å². The summed E-state index contributed by atoms with van der Waals surface area (Å²) < 4.78 is 7.82. The van der Waals surface area contributed by atoms with Crippen LogP contribution in [0.4, 0.5) is 0 Å². The Balaban J connectivity index is 2.39. The van der Waals surface area contributed by atoms with Crippen LogP contribution in [-0.2, 0) is 11.3 Å². The van der Waals surface area contributed by atoms with Crippen LogP contribution in [0.15, 0.2) is 4.47 Å². The first-order valence-corrected chi connectivity index (χ1v) is 5.32. The topological polar surface area (TPSA) is 64.4 Å². The minimum Gasteiger partial charge on any atom is -0.481 e. The fourth-order valence-electron chi connectivity index (χ4n) is 1.52. The SMILES string of the molecule is Cc1nn2c(c1Br)OCC(C)(C(=O)O)C2. The number of aryl methyl sites for hydroxylation is 1. The second kappa shape index (κ2) is 3.23. The number of aliphatic carboxylic acids is 1. The Morgan fingerprint density at radius 1 is 1.73 bits per heavy atom. The van der Waals surface area contributed by atoms with E-state index >= 15 is 0 Å². The molecule has 0 bridgehead atoms. The zero-order chi connectivity index (χ0) is 11.2. The van der Waals surface area contributed by atoms with Crippen molar-refractivity contribution in [2.45, 2.75) is 20.4 Å². The smallest absolute Gasteiger partial charge is 0.314 e. The third-order valence-corrected chi connectivity index (χ3v) is 3.47. The van der Waals surface area contributed by atoms with E-state index in [-0.39, 0.29) is 6.61 Å². The lowest BCUT2D eigenvalue weighted by molar-refractivity contribution is -0.152. The van der Waals surface area contributed by atoms with Crippen LogP contribution in [0.3, 0.4) is 0 Å². The minimum atomic E-state index is -0.898. The van der Waals surface area contributed by atoms with E-state index in [4.69, 9.17) is 9.84 Å². The molecule has 0 saturated carbocycles. The van der Waals surface area contributed by atoms with Crippen molar-refractivity contribution in [2.75, 3.05) is 6.61 Å². The van der Waals surface area contributed by atoms with Gasteiger partial charge in [0.05, 0.1) is 12.2 Å². The number of hydrogen-bond donors (Lipinski definition) is 1. The summed E-state index contributed by atoms with van der Waals surface area (Å²) in [6.07, 6.45) is 0. The van der Waals surface area contributed by atoms with Gasteiger partial charge in [0.15, 0.2) is 0 Å².